The van der Waals surface area contributed by atoms with Crippen LogP contribution in [0, 0.1) is 28.6 Å². The SMILES string of the molecule is CN1C(=O)C(S(C)=O)C[C@@]2(C)C1CC[C@@H]1[C@H]2CC[C@]2(C)C(NC3CC3)CC[C@@H]12. The summed E-state index contributed by atoms with van der Waals surface area (Å²) >= 11 is 0. The lowest BCUT2D eigenvalue weighted by Gasteiger charge is -2.62. The van der Waals surface area contributed by atoms with Crippen molar-refractivity contribution in [1.29, 1.82) is 0 Å². The summed E-state index contributed by atoms with van der Waals surface area (Å²) in [5.74, 6) is 2.43. The summed E-state index contributed by atoms with van der Waals surface area (Å²) < 4.78 is 12.4. The highest BCUT2D eigenvalue weighted by atomic mass is 32.2. The van der Waals surface area contributed by atoms with Crippen molar-refractivity contribution in [2.45, 2.75) is 95.0 Å². The summed E-state index contributed by atoms with van der Waals surface area (Å²) in [6, 6.07) is 1.85. The predicted molar refractivity (Wildman–Crippen MR) is 113 cm³/mol. The Labute approximate surface area is 173 Å². The molecule has 0 spiro atoms. The number of nitrogens with zero attached hydrogens (tertiary/aromatic N) is 1. The van der Waals surface area contributed by atoms with E-state index in [0.29, 0.717) is 23.4 Å². The van der Waals surface area contributed by atoms with E-state index in [1.165, 1.54) is 44.9 Å². The third-order valence-electron chi connectivity index (χ3n) is 9.95. The number of hydrogen-bond acceptors (Lipinski definition) is 3. The van der Waals surface area contributed by atoms with E-state index in [1.807, 2.05) is 11.9 Å². The molecule has 1 saturated heterocycles. The molecule has 1 N–H and O–H groups in total. The largest absolute Gasteiger partial charge is 0.341 e. The van der Waals surface area contributed by atoms with Gasteiger partial charge in [-0.15, -0.1) is 0 Å². The molecule has 4 aliphatic carbocycles. The maximum atomic E-state index is 12.8. The van der Waals surface area contributed by atoms with Gasteiger partial charge in [-0.3, -0.25) is 9.00 Å². The van der Waals surface area contributed by atoms with E-state index < -0.39 is 10.8 Å². The molecule has 1 heterocycles. The van der Waals surface area contributed by atoms with Crippen molar-refractivity contribution in [2.24, 2.45) is 28.6 Å². The minimum absolute atomic E-state index is 0.122. The first kappa shape index (κ1) is 19.5. The van der Waals surface area contributed by atoms with E-state index in [9.17, 15) is 9.00 Å². The number of amides is 1. The molecule has 4 saturated carbocycles. The number of rotatable bonds is 3. The molecule has 0 aromatic rings. The summed E-state index contributed by atoms with van der Waals surface area (Å²) in [7, 11) is 0.899. The van der Waals surface area contributed by atoms with Crippen molar-refractivity contribution < 1.29 is 9.00 Å². The van der Waals surface area contributed by atoms with Crippen LogP contribution in [0.3, 0.4) is 0 Å². The van der Waals surface area contributed by atoms with Crippen LogP contribution in [0.4, 0.5) is 0 Å². The van der Waals surface area contributed by atoms with E-state index in [1.54, 1.807) is 6.26 Å². The number of fused-ring (bicyclic) bond motifs is 5. The third-order valence-corrected chi connectivity index (χ3v) is 11.1. The van der Waals surface area contributed by atoms with E-state index in [2.05, 4.69) is 19.2 Å². The van der Waals surface area contributed by atoms with Crippen molar-refractivity contribution in [2.75, 3.05) is 13.3 Å². The molecule has 1 amide bonds. The number of piperidine rings is 1. The van der Waals surface area contributed by atoms with Gasteiger partial charge in [0.1, 0.15) is 5.25 Å². The Balaban J connectivity index is 1.42. The Morgan fingerprint density at radius 3 is 2.39 bits per heavy atom. The Morgan fingerprint density at radius 1 is 1.00 bits per heavy atom. The first-order valence-electron chi connectivity index (χ1n) is 11.6. The maximum absolute atomic E-state index is 12.8. The van der Waals surface area contributed by atoms with Crippen molar-refractivity contribution in [1.82, 2.24) is 10.2 Å². The Kier molecular flexibility index (Phi) is 4.56. The Hall–Kier alpha value is -0.420. The zero-order valence-corrected chi connectivity index (χ0v) is 18.9. The first-order chi connectivity index (χ1) is 13.3. The van der Waals surface area contributed by atoms with Gasteiger partial charge in [-0.25, -0.2) is 0 Å². The zero-order valence-electron chi connectivity index (χ0n) is 18.1. The van der Waals surface area contributed by atoms with Crippen LogP contribution >= 0.6 is 0 Å². The van der Waals surface area contributed by atoms with Crippen LogP contribution in [0.5, 0.6) is 0 Å². The maximum Gasteiger partial charge on any atom is 0.238 e. The summed E-state index contributed by atoms with van der Waals surface area (Å²) in [5.41, 5.74) is 0.585. The quantitative estimate of drug-likeness (QED) is 0.782. The number of carbonyl (C=O) groups is 1. The molecule has 0 radical (unpaired) electrons. The fourth-order valence-corrected chi connectivity index (χ4v) is 9.34. The molecule has 4 nitrogen and oxygen atoms in total. The average molecular weight is 407 g/mol. The van der Waals surface area contributed by atoms with Gasteiger partial charge in [0.2, 0.25) is 5.91 Å². The van der Waals surface area contributed by atoms with Gasteiger partial charge in [-0.2, -0.15) is 0 Å². The molecule has 0 bridgehead atoms. The molecule has 5 rings (SSSR count). The molecule has 0 aromatic heterocycles. The first-order valence-corrected chi connectivity index (χ1v) is 13.2. The second kappa shape index (κ2) is 6.54. The van der Waals surface area contributed by atoms with E-state index in [4.69, 9.17) is 0 Å². The van der Waals surface area contributed by atoms with Crippen molar-refractivity contribution >= 4 is 16.7 Å². The van der Waals surface area contributed by atoms with Crippen LogP contribution in [0.25, 0.3) is 0 Å². The molecule has 5 fully saturated rings. The van der Waals surface area contributed by atoms with Gasteiger partial charge >= 0.3 is 0 Å². The van der Waals surface area contributed by atoms with Crippen LogP contribution in [0.1, 0.15) is 71.6 Å². The molecule has 4 unspecified atom stereocenters. The lowest BCUT2D eigenvalue weighted by Crippen LogP contribution is -2.65. The summed E-state index contributed by atoms with van der Waals surface area (Å²) in [5, 5.41) is 3.70. The molecule has 1 aliphatic heterocycles. The highest BCUT2D eigenvalue weighted by molar-refractivity contribution is 7.85. The topological polar surface area (TPSA) is 49.4 Å². The standard InChI is InChI=1S/C23H38N2O2S/c1-22-12-11-17-15(16(22)8-9-19(22)24-14-5-6-14)7-10-20-23(17,2)13-18(28(4)27)21(26)25(20)3/h14-20,24H,5-13H2,1-4H3/t15-,16-,17+,18?,19?,20?,22-,23+,28?/m0/s1. The average Bonchev–Trinajstić information content (AvgIpc) is 3.40. The summed E-state index contributed by atoms with van der Waals surface area (Å²) in [6.07, 6.45) is 13.1. The second-order valence-electron chi connectivity index (χ2n) is 11.2. The van der Waals surface area contributed by atoms with Crippen molar-refractivity contribution in [3.63, 3.8) is 0 Å². The fraction of sp³-hybridized carbons (Fsp3) is 0.957. The van der Waals surface area contributed by atoms with Crippen LogP contribution in [-0.2, 0) is 15.6 Å². The van der Waals surface area contributed by atoms with Gasteiger partial charge in [0.05, 0.1) is 0 Å². The lowest BCUT2D eigenvalue weighted by atomic mass is 9.47. The minimum Gasteiger partial charge on any atom is -0.341 e. The summed E-state index contributed by atoms with van der Waals surface area (Å²) in [6.45, 7) is 5.02. The molecule has 28 heavy (non-hydrogen) atoms. The van der Waals surface area contributed by atoms with Gasteiger partial charge in [-0.1, -0.05) is 13.8 Å². The highest BCUT2D eigenvalue weighted by Crippen LogP contribution is 2.65. The van der Waals surface area contributed by atoms with Crippen LogP contribution in [-0.4, -0.2) is 51.7 Å². The minimum atomic E-state index is -1.08. The van der Waals surface area contributed by atoms with Gasteiger partial charge < -0.3 is 10.2 Å². The monoisotopic (exact) mass is 406 g/mol. The normalized spacial score (nSPS) is 52.0. The molecule has 0 aromatic carbocycles. The summed E-state index contributed by atoms with van der Waals surface area (Å²) in [4.78, 5) is 14.8. The Bertz CT molecular complexity index is 694. The number of carbonyl (C=O) groups excluding carboxylic acids is 1. The molecular weight excluding hydrogens is 368 g/mol. The second-order valence-corrected chi connectivity index (χ2v) is 12.8. The number of hydrogen-bond donors (Lipinski definition) is 1. The predicted octanol–water partition coefficient (Wildman–Crippen LogP) is 3.33. The van der Waals surface area contributed by atoms with Crippen LogP contribution < -0.4 is 5.32 Å². The number of likely N-dealkylation sites (tertiary alicyclic amines) is 1. The molecule has 5 aliphatic rings. The van der Waals surface area contributed by atoms with Crippen LogP contribution in [0.2, 0.25) is 0 Å². The van der Waals surface area contributed by atoms with Crippen molar-refractivity contribution in [3.05, 3.63) is 0 Å². The zero-order chi connectivity index (χ0) is 19.8. The van der Waals surface area contributed by atoms with Gasteiger partial charge in [0.15, 0.2) is 0 Å². The lowest BCUT2D eigenvalue weighted by molar-refractivity contribution is -0.156. The van der Waals surface area contributed by atoms with E-state index in [0.717, 1.165) is 30.7 Å². The van der Waals surface area contributed by atoms with Gasteiger partial charge in [-0.05, 0) is 86.4 Å². The molecular formula is C23H38N2O2S. The Morgan fingerprint density at radius 2 is 1.71 bits per heavy atom. The van der Waals surface area contributed by atoms with E-state index in [-0.39, 0.29) is 16.6 Å². The third kappa shape index (κ3) is 2.71. The molecule has 158 valence electrons. The van der Waals surface area contributed by atoms with Crippen molar-refractivity contribution in [3.8, 4) is 0 Å². The van der Waals surface area contributed by atoms with Gasteiger partial charge in [0, 0.05) is 42.2 Å². The number of nitrogens with one attached hydrogen (secondary N) is 1. The fourth-order valence-electron chi connectivity index (χ4n) is 8.29. The smallest absolute Gasteiger partial charge is 0.238 e. The van der Waals surface area contributed by atoms with Crippen LogP contribution in [0.15, 0.2) is 0 Å². The van der Waals surface area contributed by atoms with E-state index >= 15 is 0 Å². The van der Waals surface area contributed by atoms with Gasteiger partial charge in [0.25, 0.3) is 0 Å². The molecule has 5 heteroatoms. The molecule has 9 atom stereocenters. The highest BCUT2D eigenvalue weighted by Gasteiger charge is 2.62.